The summed E-state index contributed by atoms with van der Waals surface area (Å²) in [5, 5.41) is 15.0. The largest absolute Gasteiger partial charge is 0.378 e. The molecule has 2 aromatic carbocycles. The van der Waals surface area contributed by atoms with Crippen molar-refractivity contribution in [3.8, 4) is 17.3 Å². The lowest BCUT2D eigenvalue weighted by atomic mass is 10.1. The molecule has 1 fully saturated rings. The number of fused-ring (bicyclic) bond motifs is 2. The van der Waals surface area contributed by atoms with E-state index in [1.807, 2.05) is 77.5 Å². The highest BCUT2D eigenvalue weighted by atomic mass is 16.5. The first kappa shape index (κ1) is 21.0. The summed E-state index contributed by atoms with van der Waals surface area (Å²) in [5.41, 5.74) is 6.84. The van der Waals surface area contributed by atoms with E-state index in [9.17, 15) is 5.26 Å². The molecule has 0 atom stereocenters. The van der Waals surface area contributed by atoms with Crippen molar-refractivity contribution in [2.24, 2.45) is 0 Å². The van der Waals surface area contributed by atoms with E-state index in [1.165, 1.54) is 0 Å². The zero-order chi connectivity index (χ0) is 23.6. The van der Waals surface area contributed by atoms with Crippen LogP contribution in [0.15, 0.2) is 72.9 Å². The van der Waals surface area contributed by atoms with Crippen LogP contribution in [0.25, 0.3) is 40.0 Å². The maximum atomic E-state index is 9.24. The van der Waals surface area contributed by atoms with Crippen LogP contribution in [0, 0.1) is 11.3 Å². The van der Waals surface area contributed by atoms with Crippen LogP contribution in [0.2, 0.25) is 0 Å². The first-order chi connectivity index (χ1) is 17.3. The van der Waals surface area contributed by atoms with E-state index < -0.39 is 0 Å². The standard InChI is InChI=1S/C28H22N6O/c29-19-20-5-7-22(8-6-20)27-25(12-11-23-10-9-21-3-1-2-4-24(21)31-23)32-28-26(13-14-30-34(27)28)33-15-17-35-18-16-33/h1-14H,15-18H2. The average molecular weight is 459 g/mol. The van der Waals surface area contributed by atoms with Crippen LogP contribution in [-0.2, 0) is 4.74 Å². The normalized spacial score (nSPS) is 14.1. The number of nitrogens with zero attached hydrogens (tertiary/aromatic N) is 6. The van der Waals surface area contributed by atoms with E-state index >= 15 is 0 Å². The third-order valence-electron chi connectivity index (χ3n) is 6.20. The van der Waals surface area contributed by atoms with Gasteiger partial charge in [0.05, 0.1) is 53.6 Å². The smallest absolute Gasteiger partial charge is 0.178 e. The van der Waals surface area contributed by atoms with E-state index in [4.69, 9.17) is 14.7 Å². The number of anilines is 1. The number of rotatable bonds is 4. The molecule has 7 heteroatoms. The van der Waals surface area contributed by atoms with Gasteiger partial charge in [0.15, 0.2) is 5.65 Å². The Morgan fingerprint density at radius 1 is 0.886 bits per heavy atom. The van der Waals surface area contributed by atoms with Crippen molar-refractivity contribution >= 4 is 34.4 Å². The van der Waals surface area contributed by atoms with Crippen molar-refractivity contribution < 1.29 is 4.74 Å². The van der Waals surface area contributed by atoms with Gasteiger partial charge >= 0.3 is 0 Å². The van der Waals surface area contributed by atoms with Gasteiger partial charge in [0.2, 0.25) is 0 Å². The number of benzene rings is 2. The fourth-order valence-corrected chi connectivity index (χ4v) is 4.43. The molecule has 0 spiro atoms. The summed E-state index contributed by atoms with van der Waals surface area (Å²) in [4.78, 5) is 12.1. The highest BCUT2D eigenvalue weighted by molar-refractivity contribution is 5.84. The maximum Gasteiger partial charge on any atom is 0.178 e. The number of hydrogen-bond acceptors (Lipinski definition) is 6. The molecule has 3 aromatic heterocycles. The lowest BCUT2D eigenvalue weighted by Crippen LogP contribution is -2.36. The molecule has 5 aromatic rings. The van der Waals surface area contributed by atoms with Gasteiger partial charge in [-0.15, -0.1) is 0 Å². The van der Waals surface area contributed by atoms with Crippen LogP contribution in [0.5, 0.6) is 0 Å². The quantitative estimate of drug-likeness (QED) is 0.384. The Kier molecular flexibility index (Phi) is 5.41. The first-order valence-corrected chi connectivity index (χ1v) is 11.5. The number of morpholine rings is 1. The number of nitriles is 1. The lowest BCUT2D eigenvalue weighted by molar-refractivity contribution is 0.123. The van der Waals surface area contributed by atoms with Crippen LogP contribution in [-0.4, -0.2) is 45.9 Å². The second-order valence-electron chi connectivity index (χ2n) is 8.35. The van der Waals surface area contributed by atoms with Crippen molar-refractivity contribution in [2.45, 2.75) is 0 Å². The molecule has 4 heterocycles. The van der Waals surface area contributed by atoms with Crippen molar-refractivity contribution in [1.29, 1.82) is 5.26 Å². The summed E-state index contributed by atoms with van der Waals surface area (Å²) in [6, 6.07) is 23.9. The predicted molar refractivity (Wildman–Crippen MR) is 137 cm³/mol. The minimum atomic E-state index is 0.613. The first-order valence-electron chi connectivity index (χ1n) is 11.5. The molecule has 170 valence electrons. The Bertz CT molecular complexity index is 1590. The van der Waals surface area contributed by atoms with Gasteiger partial charge in [0.25, 0.3) is 0 Å². The van der Waals surface area contributed by atoms with Gasteiger partial charge in [-0.1, -0.05) is 36.4 Å². The molecule has 0 bridgehead atoms. The number of aromatic nitrogens is 4. The molecule has 0 saturated carbocycles. The van der Waals surface area contributed by atoms with Crippen LogP contribution in [0.1, 0.15) is 17.0 Å². The molecule has 6 rings (SSSR count). The van der Waals surface area contributed by atoms with Crippen LogP contribution >= 0.6 is 0 Å². The number of pyridine rings is 1. The second kappa shape index (κ2) is 9.01. The topological polar surface area (TPSA) is 79.3 Å². The van der Waals surface area contributed by atoms with Gasteiger partial charge in [0, 0.05) is 24.0 Å². The van der Waals surface area contributed by atoms with Crippen LogP contribution < -0.4 is 4.90 Å². The summed E-state index contributed by atoms with van der Waals surface area (Å²) < 4.78 is 7.43. The third kappa shape index (κ3) is 4.01. The summed E-state index contributed by atoms with van der Waals surface area (Å²) in [5.74, 6) is 0. The Balaban J connectivity index is 1.49. The Labute approximate surface area is 202 Å². The lowest BCUT2D eigenvalue weighted by Gasteiger charge is -2.28. The summed E-state index contributed by atoms with van der Waals surface area (Å²) in [7, 11) is 0. The van der Waals surface area contributed by atoms with Gasteiger partial charge in [-0.3, -0.25) is 0 Å². The molecule has 1 aliphatic heterocycles. The number of ether oxygens (including phenoxy) is 1. The summed E-state index contributed by atoms with van der Waals surface area (Å²) in [6.45, 7) is 3.01. The third-order valence-corrected chi connectivity index (χ3v) is 6.20. The molecular formula is C28H22N6O. The predicted octanol–water partition coefficient (Wildman–Crippen LogP) is 4.82. The van der Waals surface area contributed by atoms with Gasteiger partial charge in [-0.25, -0.2) is 14.5 Å². The molecule has 0 unspecified atom stereocenters. The molecule has 1 saturated heterocycles. The minimum absolute atomic E-state index is 0.613. The van der Waals surface area contributed by atoms with E-state index in [1.54, 1.807) is 0 Å². The van der Waals surface area contributed by atoms with Crippen molar-refractivity contribution in [3.63, 3.8) is 0 Å². The molecule has 0 radical (unpaired) electrons. The van der Waals surface area contributed by atoms with Crippen LogP contribution in [0.4, 0.5) is 5.69 Å². The second-order valence-corrected chi connectivity index (χ2v) is 8.35. The summed E-state index contributed by atoms with van der Waals surface area (Å²) in [6.07, 6.45) is 5.78. The van der Waals surface area contributed by atoms with E-state index in [0.29, 0.717) is 18.8 Å². The van der Waals surface area contributed by atoms with Gasteiger partial charge in [-0.2, -0.15) is 10.4 Å². The molecule has 0 amide bonds. The number of para-hydroxylation sites is 1. The van der Waals surface area contributed by atoms with Crippen molar-refractivity contribution in [1.82, 2.24) is 19.6 Å². The molecule has 0 N–H and O–H groups in total. The Hall–Kier alpha value is -4.54. The van der Waals surface area contributed by atoms with Gasteiger partial charge in [-0.05, 0) is 42.5 Å². The Morgan fingerprint density at radius 3 is 2.54 bits per heavy atom. The number of imidazole rings is 1. The zero-order valence-electron chi connectivity index (χ0n) is 19.0. The van der Waals surface area contributed by atoms with Crippen molar-refractivity contribution in [2.75, 3.05) is 31.2 Å². The fourth-order valence-electron chi connectivity index (χ4n) is 4.43. The van der Waals surface area contributed by atoms with Crippen molar-refractivity contribution in [3.05, 3.63) is 89.9 Å². The van der Waals surface area contributed by atoms with E-state index in [2.05, 4.69) is 28.2 Å². The minimum Gasteiger partial charge on any atom is -0.378 e. The SMILES string of the molecule is N#Cc1ccc(-c2c(C=Cc3ccc4ccccc4n3)nc3c(N4CCOCC4)ccnn23)cc1. The van der Waals surface area contributed by atoms with Gasteiger partial charge < -0.3 is 9.64 Å². The molecule has 1 aliphatic rings. The highest BCUT2D eigenvalue weighted by Crippen LogP contribution is 2.31. The Morgan fingerprint density at radius 2 is 1.71 bits per heavy atom. The van der Waals surface area contributed by atoms with Crippen LogP contribution in [0.3, 0.4) is 0 Å². The zero-order valence-corrected chi connectivity index (χ0v) is 19.0. The fraction of sp³-hybridized carbons (Fsp3) is 0.143. The van der Waals surface area contributed by atoms with Gasteiger partial charge in [0.1, 0.15) is 5.69 Å². The molecule has 0 aliphatic carbocycles. The number of hydrogen-bond donors (Lipinski definition) is 0. The highest BCUT2D eigenvalue weighted by Gasteiger charge is 2.20. The summed E-state index contributed by atoms with van der Waals surface area (Å²) >= 11 is 0. The molecular weight excluding hydrogens is 436 g/mol. The molecule has 7 nitrogen and oxygen atoms in total. The van der Waals surface area contributed by atoms with E-state index in [-0.39, 0.29) is 0 Å². The molecule has 35 heavy (non-hydrogen) atoms. The monoisotopic (exact) mass is 458 g/mol. The maximum absolute atomic E-state index is 9.24. The van der Waals surface area contributed by atoms with E-state index in [0.717, 1.165) is 58.0 Å². The average Bonchev–Trinajstić information content (AvgIpc) is 3.31.